The Morgan fingerprint density at radius 2 is 1.36 bits per heavy atom. The number of hydroxylamine groups is 1. The standard InChI is InChI=1S/C36H50N4O10/c1-24(15-17-41)48-20-16-37-33(43)7-4-8-34(44)38-26-11-13-28-29-14-12-27(22-31(29)32(30(28)21-26)23-49-25(2)42)39-35(45)9-5-10-36(46)40-50-19-6-18-47-3/h11-14,21-22,24,32,41H,4-10,15-20,23H2,1-3H3,(H,37,43)(H,38,44)(H,39,45)(H,40,46). The lowest BCUT2D eigenvalue weighted by Gasteiger charge is -2.15. The van der Waals surface area contributed by atoms with Crippen molar-refractivity contribution in [2.45, 2.75) is 77.2 Å². The number of fused-ring (bicyclic) bond motifs is 3. The Labute approximate surface area is 292 Å². The van der Waals surface area contributed by atoms with Gasteiger partial charge in [0.25, 0.3) is 0 Å². The van der Waals surface area contributed by atoms with Crippen LogP contribution in [0.25, 0.3) is 11.1 Å². The van der Waals surface area contributed by atoms with Crippen LogP contribution in [0.15, 0.2) is 36.4 Å². The normalized spacial score (nSPS) is 13.5. The van der Waals surface area contributed by atoms with Crippen LogP contribution in [0.2, 0.25) is 0 Å². The Morgan fingerprint density at radius 1 is 0.780 bits per heavy atom. The van der Waals surface area contributed by atoms with Gasteiger partial charge in [-0.3, -0.25) is 28.8 Å². The first-order valence-electron chi connectivity index (χ1n) is 17.0. The molecule has 274 valence electrons. The number of carbonyl (C=O) groups is 5. The van der Waals surface area contributed by atoms with E-state index in [1.807, 2.05) is 31.2 Å². The molecule has 50 heavy (non-hydrogen) atoms. The summed E-state index contributed by atoms with van der Waals surface area (Å²) in [5, 5.41) is 17.5. The summed E-state index contributed by atoms with van der Waals surface area (Å²) in [5.41, 5.74) is 7.09. The minimum Gasteiger partial charge on any atom is -0.465 e. The Hall–Kier alpha value is -4.37. The first kappa shape index (κ1) is 40.1. The zero-order valence-electron chi connectivity index (χ0n) is 29.1. The maximum Gasteiger partial charge on any atom is 0.302 e. The number of amides is 4. The molecule has 2 aromatic carbocycles. The quantitative estimate of drug-likeness (QED) is 0.0652. The molecule has 2 unspecified atom stereocenters. The van der Waals surface area contributed by atoms with Crippen molar-refractivity contribution in [2.24, 2.45) is 0 Å². The maximum absolute atomic E-state index is 12.7. The molecule has 2 aromatic rings. The van der Waals surface area contributed by atoms with Crippen molar-refractivity contribution in [3.63, 3.8) is 0 Å². The van der Waals surface area contributed by atoms with E-state index in [-0.39, 0.29) is 74.5 Å². The Balaban J connectivity index is 1.52. The highest BCUT2D eigenvalue weighted by molar-refractivity contribution is 5.94. The molecule has 0 aromatic heterocycles. The van der Waals surface area contributed by atoms with Crippen molar-refractivity contribution in [3.8, 4) is 11.1 Å². The molecule has 5 N–H and O–H groups in total. The molecule has 1 aliphatic rings. The first-order valence-corrected chi connectivity index (χ1v) is 17.0. The van der Waals surface area contributed by atoms with Gasteiger partial charge >= 0.3 is 5.97 Å². The van der Waals surface area contributed by atoms with Gasteiger partial charge in [-0.25, -0.2) is 5.48 Å². The summed E-state index contributed by atoms with van der Waals surface area (Å²) in [6.07, 6.45) is 2.44. The number of aliphatic hydroxyl groups excluding tert-OH is 1. The van der Waals surface area contributed by atoms with Gasteiger partial charge in [0.05, 0.1) is 19.3 Å². The number of aliphatic hydroxyl groups is 1. The van der Waals surface area contributed by atoms with Crippen molar-refractivity contribution in [1.29, 1.82) is 0 Å². The largest absolute Gasteiger partial charge is 0.465 e. The molecule has 0 aliphatic heterocycles. The molecule has 0 saturated heterocycles. The van der Waals surface area contributed by atoms with E-state index < -0.39 is 5.97 Å². The zero-order chi connectivity index (χ0) is 36.3. The van der Waals surface area contributed by atoms with E-state index in [1.165, 1.54) is 6.92 Å². The Morgan fingerprint density at radius 3 is 1.92 bits per heavy atom. The lowest BCUT2D eigenvalue weighted by Crippen LogP contribution is -2.28. The number of carbonyl (C=O) groups excluding carboxylic acids is 5. The summed E-state index contributed by atoms with van der Waals surface area (Å²) < 4.78 is 15.8. The van der Waals surface area contributed by atoms with Gasteiger partial charge in [0, 0.05) is 76.8 Å². The molecule has 1 aliphatic carbocycles. The third-order valence-corrected chi connectivity index (χ3v) is 7.92. The molecule has 14 nitrogen and oxygen atoms in total. The second-order valence-corrected chi connectivity index (χ2v) is 12.0. The van der Waals surface area contributed by atoms with Crippen LogP contribution in [0.4, 0.5) is 11.4 Å². The van der Waals surface area contributed by atoms with Crippen LogP contribution in [0.5, 0.6) is 0 Å². The summed E-state index contributed by atoms with van der Waals surface area (Å²) in [5.74, 6) is -1.71. The first-order chi connectivity index (χ1) is 24.1. The van der Waals surface area contributed by atoms with Crippen LogP contribution in [0.1, 0.15) is 82.3 Å². The van der Waals surface area contributed by atoms with Crippen molar-refractivity contribution < 1.29 is 48.1 Å². The van der Waals surface area contributed by atoms with E-state index >= 15 is 0 Å². The number of benzene rings is 2. The minimum atomic E-state index is -0.425. The van der Waals surface area contributed by atoms with E-state index in [9.17, 15) is 24.0 Å². The number of esters is 1. The fraction of sp³-hybridized carbons (Fsp3) is 0.528. The van der Waals surface area contributed by atoms with Crippen molar-refractivity contribution in [2.75, 3.05) is 57.3 Å². The van der Waals surface area contributed by atoms with Crippen LogP contribution in [0, 0.1) is 0 Å². The smallest absolute Gasteiger partial charge is 0.302 e. The van der Waals surface area contributed by atoms with Crippen molar-refractivity contribution in [3.05, 3.63) is 47.5 Å². The summed E-state index contributed by atoms with van der Waals surface area (Å²) >= 11 is 0. The average molecular weight is 699 g/mol. The predicted octanol–water partition coefficient (Wildman–Crippen LogP) is 3.57. The number of rotatable bonds is 23. The molecule has 0 bridgehead atoms. The number of methoxy groups -OCH3 is 1. The number of hydrogen-bond donors (Lipinski definition) is 5. The summed E-state index contributed by atoms with van der Waals surface area (Å²) in [4.78, 5) is 66.3. The van der Waals surface area contributed by atoms with Gasteiger partial charge in [-0.05, 0) is 79.1 Å². The number of hydrogen-bond acceptors (Lipinski definition) is 10. The predicted molar refractivity (Wildman–Crippen MR) is 186 cm³/mol. The third kappa shape index (κ3) is 13.9. The molecule has 3 rings (SSSR count). The minimum absolute atomic E-state index is 0.0467. The molecular formula is C36H50N4O10. The van der Waals surface area contributed by atoms with Gasteiger partial charge in [-0.1, -0.05) is 12.1 Å². The second kappa shape index (κ2) is 21.7. The molecule has 0 radical (unpaired) electrons. The van der Waals surface area contributed by atoms with Crippen LogP contribution in [-0.2, 0) is 43.0 Å². The van der Waals surface area contributed by atoms with Crippen molar-refractivity contribution in [1.82, 2.24) is 10.8 Å². The Kier molecular flexibility index (Phi) is 17.4. The summed E-state index contributed by atoms with van der Waals surface area (Å²) in [6.45, 7) is 4.89. The summed E-state index contributed by atoms with van der Waals surface area (Å²) in [7, 11) is 1.59. The van der Waals surface area contributed by atoms with E-state index in [2.05, 4.69) is 21.4 Å². The van der Waals surface area contributed by atoms with Crippen molar-refractivity contribution >= 4 is 41.0 Å². The van der Waals surface area contributed by atoms with E-state index in [0.29, 0.717) is 63.4 Å². The van der Waals surface area contributed by atoms with Gasteiger partial charge in [-0.2, -0.15) is 0 Å². The third-order valence-electron chi connectivity index (χ3n) is 7.92. The number of anilines is 2. The van der Waals surface area contributed by atoms with Gasteiger partial charge in [0.2, 0.25) is 23.6 Å². The second-order valence-electron chi connectivity index (χ2n) is 12.0. The van der Waals surface area contributed by atoms with Gasteiger partial charge in [0.15, 0.2) is 0 Å². The monoisotopic (exact) mass is 698 g/mol. The van der Waals surface area contributed by atoms with E-state index in [0.717, 1.165) is 22.3 Å². The SMILES string of the molecule is COCCCONC(=O)CCCC(=O)Nc1ccc2c(c1)C(COC(C)=O)c1cc(NC(=O)CCCC(=O)NCCOC(C)CCO)ccc1-2. The molecule has 2 atom stereocenters. The van der Waals surface area contributed by atoms with E-state index in [1.54, 1.807) is 19.2 Å². The van der Waals surface area contributed by atoms with Gasteiger partial charge in [0.1, 0.15) is 6.61 Å². The fourth-order valence-corrected chi connectivity index (χ4v) is 5.42. The highest BCUT2D eigenvalue weighted by atomic mass is 16.7. The van der Waals surface area contributed by atoms with E-state index in [4.69, 9.17) is 24.2 Å². The molecule has 4 amide bonds. The van der Waals surface area contributed by atoms with Gasteiger partial charge in [-0.15, -0.1) is 0 Å². The lowest BCUT2D eigenvalue weighted by atomic mass is 9.97. The molecule has 0 heterocycles. The van der Waals surface area contributed by atoms with Crippen LogP contribution < -0.4 is 21.4 Å². The molecular weight excluding hydrogens is 648 g/mol. The van der Waals surface area contributed by atoms with Gasteiger partial charge < -0.3 is 35.3 Å². The van der Waals surface area contributed by atoms with Crippen LogP contribution in [0.3, 0.4) is 0 Å². The summed E-state index contributed by atoms with van der Waals surface area (Å²) in [6, 6.07) is 11.1. The Bertz CT molecular complexity index is 1450. The topological polar surface area (TPSA) is 191 Å². The highest BCUT2D eigenvalue weighted by Crippen LogP contribution is 2.47. The average Bonchev–Trinajstić information content (AvgIpc) is 3.37. The number of nitrogens with one attached hydrogen (secondary N) is 4. The number of ether oxygens (including phenoxy) is 3. The molecule has 0 fully saturated rings. The molecule has 0 saturated carbocycles. The fourth-order valence-electron chi connectivity index (χ4n) is 5.42. The highest BCUT2D eigenvalue weighted by Gasteiger charge is 2.30. The lowest BCUT2D eigenvalue weighted by molar-refractivity contribution is -0.141. The van der Waals surface area contributed by atoms with Crippen LogP contribution in [-0.4, -0.2) is 87.5 Å². The molecule has 14 heteroatoms. The molecule has 0 spiro atoms. The zero-order valence-corrected chi connectivity index (χ0v) is 29.1. The van der Waals surface area contributed by atoms with Crippen LogP contribution >= 0.6 is 0 Å². The maximum atomic E-state index is 12.7.